The maximum absolute atomic E-state index is 12.8. The normalized spacial score (nSPS) is 13.5. The van der Waals surface area contributed by atoms with Gasteiger partial charge in [0.15, 0.2) is 15.8 Å². The number of aryl methyl sites for hydroxylation is 1. The summed E-state index contributed by atoms with van der Waals surface area (Å²) in [5.74, 6) is 1.05. The number of nitrogens with zero attached hydrogens (tertiary/aromatic N) is 4. The molecule has 0 radical (unpaired) electrons. The van der Waals surface area contributed by atoms with Crippen LogP contribution in [0.25, 0.3) is 0 Å². The number of hydrogen-bond acceptors (Lipinski definition) is 4. The van der Waals surface area contributed by atoms with Crippen molar-refractivity contribution >= 4 is 15.8 Å². The molecule has 0 fully saturated rings. The van der Waals surface area contributed by atoms with Gasteiger partial charge in [0.1, 0.15) is 0 Å². The molecule has 0 aliphatic carbocycles. The second-order valence-corrected chi connectivity index (χ2v) is 9.90. The highest BCUT2D eigenvalue weighted by molar-refractivity contribution is 7.91. The molecule has 1 N–H and O–H groups in total. The number of hydrogen-bond donors (Lipinski definition) is 1. The standard InChI is InChI=1S/C22H35N5O2S/c1-7-19(16-30(28,29)20-12-10-9-11-13-20)24-22(23-8-2)26(5)14-18-15-27(6)25-21(18)17(3)4/h9-13,15,17,19H,7-8,14,16H2,1-6H3,(H,23,24). The molecule has 1 aromatic heterocycles. The number of sulfone groups is 1. The number of aromatic nitrogens is 2. The van der Waals surface area contributed by atoms with Gasteiger partial charge in [0.25, 0.3) is 0 Å². The average molecular weight is 434 g/mol. The van der Waals surface area contributed by atoms with Gasteiger partial charge in [0, 0.05) is 45.0 Å². The molecule has 0 aliphatic rings. The van der Waals surface area contributed by atoms with Crippen molar-refractivity contribution in [3.63, 3.8) is 0 Å². The number of benzene rings is 1. The second kappa shape index (κ2) is 10.6. The van der Waals surface area contributed by atoms with E-state index in [1.165, 1.54) is 0 Å². The van der Waals surface area contributed by atoms with Crippen molar-refractivity contribution < 1.29 is 8.42 Å². The number of guanidine groups is 1. The Hall–Kier alpha value is -2.35. The minimum atomic E-state index is -3.38. The highest BCUT2D eigenvalue weighted by Crippen LogP contribution is 2.19. The summed E-state index contributed by atoms with van der Waals surface area (Å²) in [7, 11) is 0.515. The third kappa shape index (κ3) is 6.32. The number of aliphatic imine (C=N–C) groups is 1. The van der Waals surface area contributed by atoms with Crippen molar-refractivity contribution in [2.45, 2.75) is 57.5 Å². The Labute approximate surface area is 181 Å². The van der Waals surface area contributed by atoms with E-state index in [0.29, 0.717) is 36.3 Å². The van der Waals surface area contributed by atoms with Crippen LogP contribution in [-0.4, -0.2) is 54.4 Å². The van der Waals surface area contributed by atoms with E-state index in [2.05, 4.69) is 29.3 Å². The Morgan fingerprint density at radius 2 is 1.90 bits per heavy atom. The quantitative estimate of drug-likeness (QED) is 0.485. The van der Waals surface area contributed by atoms with E-state index >= 15 is 0 Å². The van der Waals surface area contributed by atoms with Crippen molar-refractivity contribution in [2.24, 2.45) is 12.0 Å². The van der Waals surface area contributed by atoms with Crippen LogP contribution in [0.15, 0.2) is 46.4 Å². The Morgan fingerprint density at radius 3 is 2.47 bits per heavy atom. The molecule has 1 unspecified atom stereocenters. The van der Waals surface area contributed by atoms with E-state index in [4.69, 9.17) is 0 Å². The molecule has 0 aliphatic heterocycles. The molecule has 2 rings (SSSR count). The summed E-state index contributed by atoms with van der Waals surface area (Å²) in [5.41, 5.74) is 2.21. The topological polar surface area (TPSA) is 79.6 Å². The van der Waals surface area contributed by atoms with Crippen molar-refractivity contribution in [3.8, 4) is 0 Å². The van der Waals surface area contributed by atoms with E-state index in [1.807, 2.05) is 49.8 Å². The summed E-state index contributed by atoms with van der Waals surface area (Å²) >= 11 is 0. The predicted molar refractivity (Wildman–Crippen MR) is 122 cm³/mol. The molecular weight excluding hydrogens is 398 g/mol. The van der Waals surface area contributed by atoms with Crippen LogP contribution in [0.1, 0.15) is 51.3 Å². The van der Waals surface area contributed by atoms with Crippen LogP contribution in [-0.2, 0) is 23.4 Å². The van der Waals surface area contributed by atoms with Crippen LogP contribution in [0.2, 0.25) is 0 Å². The van der Waals surface area contributed by atoms with Crippen LogP contribution < -0.4 is 5.32 Å². The largest absolute Gasteiger partial charge is 0.352 e. The van der Waals surface area contributed by atoms with Crippen LogP contribution in [0, 0.1) is 0 Å². The molecule has 0 saturated heterocycles. The van der Waals surface area contributed by atoms with Gasteiger partial charge in [-0.2, -0.15) is 5.10 Å². The lowest BCUT2D eigenvalue weighted by atomic mass is 10.1. The van der Waals surface area contributed by atoms with Gasteiger partial charge < -0.3 is 10.2 Å². The zero-order chi connectivity index (χ0) is 22.3. The minimum Gasteiger partial charge on any atom is -0.352 e. The summed E-state index contributed by atoms with van der Waals surface area (Å²) in [6.45, 7) is 9.48. The fourth-order valence-corrected chi connectivity index (χ4v) is 4.97. The molecule has 0 amide bonds. The molecule has 1 heterocycles. The van der Waals surface area contributed by atoms with Crippen LogP contribution in [0.5, 0.6) is 0 Å². The number of rotatable bonds is 9. The zero-order valence-electron chi connectivity index (χ0n) is 19.0. The summed E-state index contributed by atoms with van der Waals surface area (Å²) in [6, 6.07) is 8.37. The third-order valence-electron chi connectivity index (χ3n) is 4.91. The van der Waals surface area contributed by atoms with Crippen LogP contribution in [0.4, 0.5) is 0 Å². The van der Waals surface area contributed by atoms with Crippen molar-refractivity contribution in [1.82, 2.24) is 20.0 Å². The average Bonchev–Trinajstić information content (AvgIpc) is 3.07. The lowest BCUT2D eigenvalue weighted by molar-refractivity contribution is 0.456. The molecule has 166 valence electrons. The van der Waals surface area contributed by atoms with Gasteiger partial charge in [-0.15, -0.1) is 0 Å². The van der Waals surface area contributed by atoms with E-state index in [-0.39, 0.29) is 11.8 Å². The molecule has 1 atom stereocenters. The van der Waals surface area contributed by atoms with E-state index in [0.717, 1.165) is 11.3 Å². The monoisotopic (exact) mass is 433 g/mol. The molecule has 0 spiro atoms. The SMILES string of the molecule is CCN=C(NC(CC)CS(=O)(=O)c1ccccc1)N(C)Cc1cn(C)nc1C(C)C. The Bertz CT molecular complexity index is 936. The molecule has 2 aromatic rings. The second-order valence-electron chi connectivity index (χ2n) is 7.87. The van der Waals surface area contributed by atoms with Crippen molar-refractivity contribution in [2.75, 3.05) is 19.3 Å². The number of nitrogens with one attached hydrogen (secondary N) is 1. The first-order valence-electron chi connectivity index (χ1n) is 10.5. The van der Waals surface area contributed by atoms with E-state index in [9.17, 15) is 8.42 Å². The summed E-state index contributed by atoms with van der Waals surface area (Å²) in [4.78, 5) is 6.98. The van der Waals surface area contributed by atoms with E-state index < -0.39 is 9.84 Å². The molecule has 30 heavy (non-hydrogen) atoms. The van der Waals surface area contributed by atoms with Gasteiger partial charge in [-0.25, -0.2) is 8.42 Å². The fourth-order valence-electron chi connectivity index (χ4n) is 3.35. The van der Waals surface area contributed by atoms with Crippen molar-refractivity contribution in [3.05, 3.63) is 47.8 Å². The van der Waals surface area contributed by atoms with E-state index in [1.54, 1.807) is 24.3 Å². The lowest BCUT2D eigenvalue weighted by Gasteiger charge is -2.27. The van der Waals surface area contributed by atoms with Gasteiger partial charge in [-0.05, 0) is 31.4 Å². The predicted octanol–water partition coefficient (Wildman–Crippen LogP) is 3.19. The van der Waals surface area contributed by atoms with Crippen LogP contribution in [0.3, 0.4) is 0 Å². The summed E-state index contributed by atoms with van der Waals surface area (Å²) < 4.78 is 27.5. The molecule has 0 saturated carbocycles. The van der Waals surface area contributed by atoms with Crippen molar-refractivity contribution in [1.29, 1.82) is 0 Å². The molecule has 8 heteroatoms. The fraction of sp³-hybridized carbons (Fsp3) is 0.545. The van der Waals surface area contributed by atoms with Gasteiger partial charge in [-0.1, -0.05) is 39.0 Å². The highest BCUT2D eigenvalue weighted by Gasteiger charge is 2.22. The summed E-state index contributed by atoms with van der Waals surface area (Å²) in [6.07, 6.45) is 2.71. The molecule has 0 bridgehead atoms. The minimum absolute atomic E-state index is 0.0220. The van der Waals surface area contributed by atoms with Gasteiger partial charge >= 0.3 is 0 Å². The zero-order valence-corrected chi connectivity index (χ0v) is 19.8. The molecule has 7 nitrogen and oxygen atoms in total. The van der Waals surface area contributed by atoms with Gasteiger partial charge in [0.05, 0.1) is 16.3 Å². The summed E-state index contributed by atoms with van der Waals surface area (Å²) in [5, 5.41) is 7.95. The lowest BCUT2D eigenvalue weighted by Crippen LogP contribution is -2.46. The Balaban J connectivity index is 2.16. The smallest absolute Gasteiger partial charge is 0.194 e. The third-order valence-corrected chi connectivity index (χ3v) is 6.74. The Kier molecular flexibility index (Phi) is 8.46. The molecular formula is C22H35N5O2S. The highest BCUT2D eigenvalue weighted by atomic mass is 32.2. The van der Waals surface area contributed by atoms with Crippen LogP contribution >= 0.6 is 0 Å². The maximum Gasteiger partial charge on any atom is 0.194 e. The first-order valence-corrected chi connectivity index (χ1v) is 12.1. The first-order chi connectivity index (χ1) is 14.2. The maximum atomic E-state index is 12.8. The molecule has 1 aromatic carbocycles. The first kappa shape index (κ1) is 23.9. The van der Waals surface area contributed by atoms with Gasteiger partial charge in [-0.3, -0.25) is 9.67 Å². The Morgan fingerprint density at radius 1 is 1.23 bits per heavy atom. The van der Waals surface area contributed by atoms with Gasteiger partial charge in [0.2, 0.25) is 0 Å².